The number of hydrogen-bond acceptors (Lipinski definition) is 5. The van der Waals surface area contributed by atoms with Gasteiger partial charge >= 0.3 is 12.8 Å². The monoisotopic (exact) mass is 430 g/mol. The van der Waals surface area contributed by atoms with Crippen LogP contribution in [-0.4, -0.2) is 37.2 Å². The molecule has 0 saturated carbocycles. The molecule has 0 N–H and O–H groups in total. The van der Waals surface area contributed by atoms with Crippen molar-refractivity contribution in [3.63, 3.8) is 0 Å². The molecule has 10 heteroatoms. The second-order valence-corrected chi connectivity index (χ2v) is 7.78. The van der Waals surface area contributed by atoms with E-state index in [9.17, 15) is 26.7 Å². The van der Waals surface area contributed by atoms with Crippen LogP contribution in [0.2, 0.25) is 0 Å². The van der Waals surface area contributed by atoms with Crippen LogP contribution < -0.4 is 9.47 Å². The zero-order chi connectivity index (χ0) is 20.6. The van der Waals surface area contributed by atoms with Gasteiger partial charge in [-0.1, -0.05) is 13.8 Å². The average molecular weight is 430 g/mol. The highest BCUT2D eigenvalue weighted by Crippen LogP contribution is 2.41. The lowest BCUT2D eigenvalue weighted by atomic mass is 10.0. The third-order valence-corrected chi connectivity index (χ3v) is 5.48. The third-order valence-electron chi connectivity index (χ3n) is 3.18. The Labute approximate surface area is 162 Å². The van der Waals surface area contributed by atoms with E-state index in [0.29, 0.717) is 11.5 Å². The molecule has 1 aromatic rings. The molecule has 0 aliphatic carbocycles. The van der Waals surface area contributed by atoms with E-state index in [1.807, 2.05) is 0 Å². The van der Waals surface area contributed by atoms with Crippen molar-refractivity contribution >= 4 is 29.3 Å². The molecule has 0 heterocycles. The summed E-state index contributed by atoms with van der Waals surface area (Å²) in [7, 11) is 1.18. The van der Waals surface area contributed by atoms with Gasteiger partial charge in [0.2, 0.25) is 0 Å². The minimum Gasteiger partial charge on any atom is -0.493 e. The lowest BCUT2D eigenvalue weighted by Gasteiger charge is -2.17. The molecule has 0 radical (unpaired) electrons. The first-order chi connectivity index (χ1) is 12.6. The highest BCUT2D eigenvalue weighted by molar-refractivity contribution is 8.22. The highest BCUT2D eigenvalue weighted by atomic mass is 32.2. The standard InChI is InChI=1S/C17H19F5O3S2/c1-4-26-15(27-5-2)11(17(20,21)22)9-12(23)10-6-7-13(25-16(18)19)14(8-10)24-3/h6-8,16H,4-5,9H2,1-3H3. The molecule has 0 amide bonds. The maximum Gasteiger partial charge on any atom is 0.414 e. The fourth-order valence-electron chi connectivity index (χ4n) is 2.06. The van der Waals surface area contributed by atoms with Crippen LogP contribution in [0.25, 0.3) is 0 Å². The summed E-state index contributed by atoms with van der Waals surface area (Å²) in [4.78, 5) is 12.4. The number of alkyl halides is 5. The topological polar surface area (TPSA) is 35.5 Å². The van der Waals surface area contributed by atoms with Crippen molar-refractivity contribution in [2.45, 2.75) is 33.1 Å². The normalized spacial score (nSPS) is 11.4. The predicted molar refractivity (Wildman–Crippen MR) is 97.9 cm³/mol. The first kappa shape index (κ1) is 23.6. The van der Waals surface area contributed by atoms with E-state index < -0.39 is 30.6 Å². The second kappa shape index (κ2) is 10.8. The van der Waals surface area contributed by atoms with Gasteiger partial charge in [0.05, 0.1) is 12.7 Å². The number of carbonyl (C=O) groups is 1. The van der Waals surface area contributed by atoms with Gasteiger partial charge in [0.1, 0.15) is 0 Å². The quantitative estimate of drug-likeness (QED) is 0.329. The number of halogens is 5. The number of allylic oxidation sites excluding steroid dienone is 1. The molecule has 0 aliphatic rings. The number of ketones is 1. The Balaban J connectivity index is 3.20. The van der Waals surface area contributed by atoms with Crippen molar-refractivity contribution in [2.24, 2.45) is 0 Å². The van der Waals surface area contributed by atoms with Gasteiger partial charge in [-0.2, -0.15) is 22.0 Å². The van der Waals surface area contributed by atoms with E-state index in [2.05, 4.69) is 4.74 Å². The summed E-state index contributed by atoms with van der Waals surface area (Å²) in [6.07, 6.45) is -5.50. The highest BCUT2D eigenvalue weighted by Gasteiger charge is 2.38. The van der Waals surface area contributed by atoms with Gasteiger partial charge in [-0.15, -0.1) is 23.5 Å². The number of ether oxygens (including phenoxy) is 2. The van der Waals surface area contributed by atoms with Crippen LogP contribution in [0.5, 0.6) is 11.5 Å². The summed E-state index contributed by atoms with van der Waals surface area (Å²) in [6.45, 7) is 0.354. The molecule has 0 saturated heterocycles. The van der Waals surface area contributed by atoms with Gasteiger partial charge in [-0.3, -0.25) is 4.79 Å². The number of thioether (sulfide) groups is 2. The molecule has 0 unspecified atom stereocenters. The molecule has 3 nitrogen and oxygen atoms in total. The van der Waals surface area contributed by atoms with Crippen molar-refractivity contribution in [3.05, 3.63) is 33.6 Å². The van der Waals surface area contributed by atoms with Crippen LogP contribution in [0.4, 0.5) is 22.0 Å². The van der Waals surface area contributed by atoms with E-state index in [-0.39, 0.29) is 21.3 Å². The first-order valence-corrected chi connectivity index (χ1v) is 9.83. The van der Waals surface area contributed by atoms with Gasteiger partial charge in [0.15, 0.2) is 17.3 Å². The Morgan fingerprint density at radius 2 is 1.70 bits per heavy atom. The molecule has 0 bridgehead atoms. The van der Waals surface area contributed by atoms with Crippen LogP contribution in [0.3, 0.4) is 0 Å². The zero-order valence-electron chi connectivity index (χ0n) is 14.9. The van der Waals surface area contributed by atoms with E-state index in [1.54, 1.807) is 13.8 Å². The van der Waals surface area contributed by atoms with E-state index in [4.69, 9.17) is 4.74 Å². The van der Waals surface area contributed by atoms with Crippen LogP contribution in [0.1, 0.15) is 30.6 Å². The van der Waals surface area contributed by atoms with E-state index in [0.717, 1.165) is 41.7 Å². The van der Waals surface area contributed by atoms with E-state index >= 15 is 0 Å². The van der Waals surface area contributed by atoms with Crippen molar-refractivity contribution < 1.29 is 36.2 Å². The number of Topliss-reactive ketones (excluding diaryl/α,β-unsaturated/α-hetero) is 1. The van der Waals surface area contributed by atoms with Crippen LogP contribution >= 0.6 is 23.5 Å². The Bertz CT molecular complexity index is 667. The van der Waals surface area contributed by atoms with Crippen molar-refractivity contribution in [1.29, 1.82) is 0 Å². The molecule has 0 fully saturated rings. The maximum absolute atomic E-state index is 13.5. The maximum atomic E-state index is 13.5. The molecule has 1 rings (SSSR count). The second-order valence-electron chi connectivity index (χ2n) is 4.97. The summed E-state index contributed by atoms with van der Waals surface area (Å²) in [5, 5.41) is 0. The molecular weight excluding hydrogens is 411 g/mol. The number of hydrogen-bond donors (Lipinski definition) is 0. The number of methoxy groups -OCH3 is 1. The lowest BCUT2D eigenvalue weighted by Crippen LogP contribution is -2.17. The minimum absolute atomic E-state index is 0.0606. The molecule has 0 aliphatic heterocycles. The van der Waals surface area contributed by atoms with Crippen molar-refractivity contribution in [3.8, 4) is 11.5 Å². The molecule has 0 spiro atoms. The molecular formula is C17H19F5O3S2. The SMILES string of the molecule is CCSC(SCC)=C(CC(=O)c1ccc(OC(F)F)c(OC)c1)C(F)(F)F. The van der Waals surface area contributed by atoms with Crippen molar-refractivity contribution in [1.82, 2.24) is 0 Å². The third kappa shape index (κ3) is 7.25. The van der Waals surface area contributed by atoms with E-state index in [1.165, 1.54) is 7.11 Å². The Morgan fingerprint density at radius 1 is 1.11 bits per heavy atom. The largest absolute Gasteiger partial charge is 0.493 e. The van der Waals surface area contributed by atoms with Gasteiger partial charge in [0.25, 0.3) is 0 Å². The zero-order valence-corrected chi connectivity index (χ0v) is 16.5. The van der Waals surface area contributed by atoms with Crippen LogP contribution in [0, 0.1) is 0 Å². The summed E-state index contributed by atoms with van der Waals surface area (Å²) < 4.78 is 74.3. The van der Waals surface area contributed by atoms with Gasteiger partial charge in [-0.05, 0) is 29.7 Å². The summed E-state index contributed by atoms with van der Waals surface area (Å²) in [6, 6.07) is 3.29. The number of rotatable bonds is 10. The molecule has 1 aromatic carbocycles. The number of carbonyl (C=O) groups excluding carboxylic acids is 1. The molecule has 27 heavy (non-hydrogen) atoms. The fraction of sp³-hybridized carbons (Fsp3) is 0.471. The van der Waals surface area contributed by atoms with Gasteiger partial charge < -0.3 is 9.47 Å². The first-order valence-electron chi connectivity index (χ1n) is 7.85. The minimum atomic E-state index is -4.65. The summed E-state index contributed by atoms with van der Waals surface area (Å²) in [5.41, 5.74) is -0.990. The van der Waals surface area contributed by atoms with Gasteiger partial charge in [-0.25, -0.2) is 0 Å². The van der Waals surface area contributed by atoms with Crippen LogP contribution in [-0.2, 0) is 0 Å². The molecule has 0 aromatic heterocycles. The predicted octanol–water partition coefficient (Wildman–Crippen LogP) is 6.15. The van der Waals surface area contributed by atoms with Gasteiger partial charge in [0, 0.05) is 16.2 Å². The summed E-state index contributed by atoms with van der Waals surface area (Å²) >= 11 is 2.06. The fourth-order valence-corrected chi connectivity index (χ4v) is 4.35. The average Bonchev–Trinajstić information content (AvgIpc) is 2.58. The molecule has 0 atom stereocenters. The lowest BCUT2D eigenvalue weighted by molar-refractivity contribution is -0.0931. The Kier molecular flexibility index (Phi) is 9.44. The number of benzene rings is 1. The van der Waals surface area contributed by atoms with Crippen molar-refractivity contribution in [2.75, 3.05) is 18.6 Å². The smallest absolute Gasteiger partial charge is 0.414 e. The Morgan fingerprint density at radius 3 is 2.15 bits per heavy atom. The molecule has 152 valence electrons. The Hall–Kier alpha value is -1.42. The van der Waals surface area contributed by atoms with Crippen LogP contribution in [0.15, 0.2) is 28.0 Å². The summed E-state index contributed by atoms with van der Waals surface area (Å²) in [5.74, 6) is -0.396.